The summed E-state index contributed by atoms with van der Waals surface area (Å²) in [6, 6.07) is 19.0. The number of ether oxygens (including phenoxy) is 2. The second-order valence-electron chi connectivity index (χ2n) is 8.73. The Bertz CT molecular complexity index is 1420. The fourth-order valence-electron chi connectivity index (χ4n) is 4.55. The Morgan fingerprint density at radius 1 is 1.09 bits per heavy atom. The number of ketones is 1. The normalized spacial score (nSPS) is 14.9. The van der Waals surface area contributed by atoms with Crippen LogP contribution >= 0.6 is 0 Å². The van der Waals surface area contributed by atoms with Crippen LogP contribution in [0.2, 0.25) is 0 Å². The largest absolute Gasteiger partial charge is 0.872 e. The average molecular weight is 455 g/mol. The molecular weight excluding hydrogens is 428 g/mol. The van der Waals surface area contributed by atoms with Gasteiger partial charge in [0, 0.05) is 40.8 Å². The summed E-state index contributed by atoms with van der Waals surface area (Å²) in [6.45, 7) is 1.22. The zero-order valence-electron chi connectivity index (χ0n) is 19.4. The molecular formula is C28H26N2O4. The third kappa shape index (κ3) is 3.93. The molecule has 4 aromatic rings. The van der Waals surface area contributed by atoms with Gasteiger partial charge in [-0.25, -0.2) is 0 Å². The fourth-order valence-corrected chi connectivity index (χ4v) is 4.55. The Balaban J connectivity index is 1.47. The molecule has 6 nitrogen and oxygen atoms in total. The molecule has 0 saturated carbocycles. The molecule has 3 aromatic carbocycles. The quantitative estimate of drug-likeness (QED) is 0.455. The van der Waals surface area contributed by atoms with Crippen LogP contribution in [0.4, 0.5) is 0 Å². The van der Waals surface area contributed by atoms with Crippen molar-refractivity contribution in [1.82, 2.24) is 4.57 Å². The van der Waals surface area contributed by atoms with Crippen molar-refractivity contribution < 1.29 is 24.3 Å². The zero-order valence-corrected chi connectivity index (χ0v) is 19.4. The number of allylic oxidation sites excluding steroid dienone is 1. The second-order valence-corrected chi connectivity index (χ2v) is 8.73. The summed E-state index contributed by atoms with van der Waals surface area (Å²) in [6.07, 6.45) is 3.70. The minimum absolute atomic E-state index is 0.116. The maximum absolute atomic E-state index is 13.2. The molecule has 0 bridgehead atoms. The highest BCUT2D eigenvalue weighted by Gasteiger charge is 2.31. The SMILES string of the molecule is COc1ccc2c(c1)c(C=C1Oc3c(ccc([O-])c3C[NH+](C)Cc3ccccc3)C1=O)cn2C. The van der Waals surface area contributed by atoms with Gasteiger partial charge in [-0.1, -0.05) is 42.1 Å². The van der Waals surface area contributed by atoms with E-state index in [1.807, 2.05) is 61.3 Å². The van der Waals surface area contributed by atoms with Crippen molar-refractivity contribution in [2.24, 2.45) is 7.05 Å². The number of nitrogens with one attached hydrogen (secondary N) is 1. The van der Waals surface area contributed by atoms with E-state index < -0.39 is 0 Å². The summed E-state index contributed by atoms with van der Waals surface area (Å²) in [5.74, 6) is 1.02. The highest BCUT2D eigenvalue weighted by Crippen LogP contribution is 2.39. The van der Waals surface area contributed by atoms with Gasteiger partial charge in [0.2, 0.25) is 5.78 Å². The molecule has 34 heavy (non-hydrogen) atoms. The van der Waals surface area contributed by atoms with Crippen molar-refractivity contribution >= 4 is 22.8 Å². The van der Waals surface area contributed by atoms with Crippen molar-refractivity contribution in [2.45, 2.75) is 13.1 Å². The minimum atomic E-state index is -0.211. The lowest BCUT2D eigenvalue weighted by atomic mass is 10.0. The number of rotatable bonds is 6. The Morgan fingerprint density at radius 3 is 2.65 bits per heavy atom. The van der Waals surface area contributed by atoms with Crippen molar-refractivity contribution in [3.8, 4) is 17.2 Å². The second kappa shape index (κ2) is 8.72. The molecule has 1 atom stereocenters. The number of hydrogen-bond donors (Lipinski definition) is 1. The molecule has 172 valence electrons. The first-order chi connectivity index (χ1) is 16.4. The molecule has 5 rings (SSSR count). The smallest absolute Gasteiger partial charge is 0.231 e. The first kappa shape index (κ1) is 21.8. The van der Waals surface area contributed by atoms with Gasteiger partial charge in [0.05, 0.1) is 19.7 Å². The number of hydrogen-bond acceptors (Lipinski definition) is 4. The summed E-state index contributed by atoms with van der Waals surface area (Å²) >= 11 is 0. The molecule has 0 saturated heterocycles. The number of nitrogens with zero attached hydrogens (tertiary/aromatic N) is 1. The van der Waals surface area contributed by atoms with E-state index in [1.165, 1.54) is 11.6 Å². The van der Waals surface area contributed by atoms with Crippen LogP contribution in [0.5, 0.6) is 17.2 Å². The standard InChI is InChI=1S/C28H26N2O4/c1-29(15-18-7-5-4-6-8-18)17-23-25(31)12-10-21-27(32)26(34-28(21)23)13-19-16-30(2)24-11-9-20(33-3)14-22(19)24/h4-14,16,31H,15,17H2,1-3H3. The van der Waals surface area contributed by atoms with E-state index in [1.54, 1.807) is 19.3 Å². The maximum Gasteiger partial charge on any atom is 0.231 e. The molecule has 0 spiro atoms. The Morgan fingerprint density at radius 2 is 1.88 bits per heavy atom. The van der Waals surface area contributed by atoms with Gasteiger partial charge >= 0.3 is 0 Å². The van der Waals surface area contributed by atoms with Gasteiger partial charge in [0.1, 0.15) is 24.6 Å². The lowest BCUT2D eigenvalue weighted by Crippen LogP contribution is -3.06. The lowest BCUT2D eigenvalue weighted by molar-refractivity contribution is -0.907. The number of quaternary nitrogens is 1. The Kier molecular flexibility index (Phi) is 5.59. The van der Waals surface area contributed by atoms with Gasteiger partial charge in [-0.15, -0.1) is 0 Å². The van der Waals surface area contributed by atoms with E-state index in [9.17, 15) is 9.90 Å². The third-order valence-electron chi connectivity index (χ3n) is 6.24. The Hall–Kier alpha value is -4.03. The van der Waals surface area contributed by atoms with Gasteiger partial charge < -0.3 is 24.0 Å². The van der Waals surface area contributed by atoms with E-state index in [4.69, 9.17) is 9.47 Å². The number of Topliss-reactive ketones (excluding diaryl/α,β-unsaturated/α-hetero) is 1. The van der Waals surface area contributed by atoms with Gasteiger partial charge in [-0.05, 0) is 30.3 Å². The van der Waals surface area contributed by atoms with Gasteiger partial charge in [-0.3, -0.25) is 4.79 Å². The maximum atomic E-state index is 13.2. The molecule has 1 aliphatic heterocycles. The average Bonchev–Trinajstić information content (AvgIpc) is 3.32. The van der Waals surface area contributed by atoms with E-state index >= 15 is 0 Å². The van der Waals surface area contributed by atoms with Gasteiger partial charge in [-0.2, -0.15) is 0 Å². The van der Waals surface area contributed by atoms with Crippen LogP contribution in [0.15, 0.2) is 72.6 Å². The highest BCUT2D eigenvalue weighted by atomic mass is 16.5. The molecule has 1 N–H and O–H groups in total. The van der Waals surface area contributed by atoms with E-state index in [2.05, 4.69) is 12.1 Å². The minimum Gasteiger partial charge on any atom is -0.872 e. The lowest BCUT2D eigenvalue weighted by Gasteiger charge is -2.20. The number of carbonyl (C=O) groups is 1. The number of aromatic nitrogens is 1. The number of carbonyl (C=O) groups excluding carboxylic acids is 1. The number of methoxy groups -OCH3 is 1. The highest BCUT2D eigenvalue weighted by molar-refractivity contribution is 6.15. The predicted molar refractivity (Wildman–Crippen MR) is 129 cm³/mol. The van der Waals surface area contributed by atoms with Crippen molar-refractivity contribution in [2.75, 3.05) is 14.2 Å². The fraction of sp³-hybridized carbons (Fsp3) is 0.179. The molecule has 6 heteroatoms. The summed E-state index contributed by atoms with van der Waals surface area (Å²) in [7, 11) is 5.61. The topological polar surface area (TPSA) is 68.0 Å². The van der Waals surface area contributed by atoms with Gasteiger partial charge in [0.25, 0.3) is 0 Å². The van der Waals surface area contributed by atoms with Crippen LogP contribution in [0.25, 0.3) is 17.0 Å². The Labute approximate surface area is 198 Å². The first-order valence-electron chi connectivity index (χ1n) is 11.2. The molecule has 0 amide bonds. The van der Waals surface area contributed by atoms with Crippen molar-refractivity contribution in [1.29, 1.82) is 0 Å². The van der Waals surface area contributed by atoms with Gasteiger partial charge in [0.15, 0.2) is 5.76 Å². The number of benzene rings is 3. The number of aryl methyl sites for hydroxylation is 1. The van der Waals surface area contributed by atoms with Crippen molar-refractivity contribution in [3.05, 3.63) is 94.9 Å². The van der Waals surface area contributed by atoms with E-state index in [-0.39, 0.29) is 17.3 Å². The van der Waals surface area contributed by atoms with Crippen LogP contribution in [-0.2, 0) is 20.1 Å². The van der Waals surface area contributed by atoms with E-state index in [0.29, 0.717) is 23.4 Å². The van der Waals surface area contributed by atoms with Crippen LogP contribution in [0.3, 0.4) is 0 Å². The van der Waals surface area contributed by atoms with Crippen LogP contribution in [0, 0.1) is 0 Å². The molecule has 0 radical (unpaired) electrons. The summed E-state index contributed by atoms with van der Waals surface area (Å²) in [4.78, 5) is 14.3. The summed E-state index contributed by atoms with van der Waals surface area (Å²) in [5.41, 5.74) is 4.02. The zero-order chi connectivity index (χ0) is 23.8. The molecule has 1 aromatic heterocycles. The van der Waals surface area contributed by atoms with Crippen LogP contribution in [0.1, 0.15) is 27.0 Å². The predicted octanol–water partition coefficient (Wildman–Crippen LogP) is 3.09. The van der Waals surface area contributed by atoms with E-state index in [0.717, 1.165) is 33.7 Å². The molecule has 2 heterocycles. The molecule has 1 unspecified atom stereocenters. The monoisotopic (exact) mass is 454 g/mol. The first-order valence-corrected chi connectivity index (χ1v) is 11.2. The molecule has 1 aliphatic rings. The summed E-state index contributed by atoms with van der Waals surface area (Å²) in [5, 5.41) is 13.7. The summed E-state index contributed by atoms with van der Waals surface area (Å²) < 4.78 is 13.4. The molecule has 0 aliphatic carbocycles. The third-order valence-corrected chi connectivity index (χ3v) is 6.24. The van der Waals surface area contributed by atoms with Crippen LogP contribution in [-0.4, -0.2) is 24.5 Å². The van der Waals surface area contributed by atoms with Crippen molar-refractivity contribution in [3.63, 3.8) is 0 Å². The van der Waals surface area contributed by atoms with Crippen LogP contribution < -0.4 is 19.5 Å². The number of fused-ring (bicyclic) bond motifs is 2. The molecule has 0 fully saturated rings.